The first kappa shape index (κ1) is 19.3. The van der Waals surface area contributed by atoms with Crippen molar-refractivity contribution in [3.05, 3.63) is 46.6 Å². The number of pyridine rings is 1. The van der Waals surface area contributed by atoms with Crippen molar-refractivity contribution >= 4 is 23.4 Å². The van der Waals surface area contributed by atoms with E-state index in [-0.39, 0.29) is 12.1 Å². The zero-order valence-electron chi connectivity index (χ0n) is 15.7. The van der Waals surface area contributed by atoms with Gasteiger partial charge in [-0.1, -0.05) is 11.6 Å². The number of halogens is 1. The zero-order chi connectivity index (χ0) is 19.4. The van der Waals surface area contributed by atoms with Gasteiger partial charge in [0.1, 0.15) is 23.4 Å². The van der Waals surface area contributed by atoms with Crippen LogP contribution in [0.4, 0.5) is 5.82 Å². The number of carbonyl (C=O) groups excluding carboxylic acids is 1. The highest BCUT2D eigenvalue weighted by molar-refractivity contribution is 6.30. The molecule has 7 heteroatoms. The van der Waals surface area contributed by atoms with E-state index in [4.69, 9.17) is 25.8 Å². The Kier molecular flexibility index (Phi) is 6.06. The quantitative estimate of drug-likeness (QED) is 0.722. The fourth-order valence-electron chi connectivity index (χ4n) is 3.18. The number of carbonyl (C=O) groups is 1. The summed E-state index contributed by atoms with van der Waals surface area (Å²) in [5.41, 5.74) is 1.27. The Hall–Kier alpha value is -2.47. The van der Waals surface area contributed by atoms with Crippen LogP contribution in [-0.2, 0) is 4.74 Å². The van der Waals surface area contributed by atoms with Crippen molar-refractivity contribution in [3.63, 3.8) is 0 Å². The third kappa shape index (κ3) is 4.45. The minimum Gasteiger partial charge on any atom is -0.496 e. The van der Waals surface area contributed by atoms with Crippen LogP contribution in [0.25, 0.3) is 0 Å². The minimum atomic E-state index is -0.366. The summed E-state index contributed by atoms with van der Waals surface area (Å²) in [4.78, 5) is 19.1. The van der Waals surface area contributed by atoms with Crippen molar-refractivity contribution in [2.24, 2.45) is 0 Å². The monoisotopic (exact) mass is 390 g/mol. The van der Waals surface area contributed by atoms with Crippen LogP contribution in [0.2, 0.25) is 5.02 Å². The summed E-state index contributed by atoms with van der Waals surface area (Å²) in [6.45, 7) is 3.42. The number of esters is 1. The minimum absolute atomic E-state index is 0.126. The molecule has 1 aromatic heterocycles. The number of hydrogen-bond acceptors (Lipinski definition) is 6. The van der Waals surface area contributed by atoms with Gasteiger partial charge in [0, 0.05) is 37.7 Å². The summed E-state index contributed by atoms with van der Waals surface area (Å²) in [6, 6.07) is 7.10. The number of aromatic nitrogens is 1. The highest BCUT2D eigenvalue weighted by Gasteiger charge is 2.24. The predicted molar refractivity (Wildman–Crippen MR) is 104 cm³/mol. The molecule has 1 saturated heterocycles. The highest BCUT2D eigenvalue weighted by Crippen LogP contribution is 2.30. The normalized spacial score (nSPS) is 14.7. The number of nitrogens with zero attached hydrogens (tertiary/aromatic N) is 2. The van der Waals surface area contributed by atoms with E-state index in [9.17, 15) is 4.79 Å². The number of rotatable bonds is 5. The molecule has 1 aliphatic heterocycles. The van der Waals surface area contributed by atoms with E-state index in [0.717, 1.165) is 37.3 Å². The second kappa shape index (κ2) is 8.48. The summed E-state index contributed by atoms with van der Waals surface area (Å²) in [5.74, 6) is 1.72. The van der Waals surface area contributed by atoms with Crippen LogP contribution in [0.1, 0.15) is 28.8 Å². The van der Waals surface area contributed by atoms with Crippen LogP contribution in [0, 0.1) is 6.92 Å². The SMILES string of the molecule is COc1cc(C(=O)OC2CCN(c3ccc(Cl)cn3)CC2)cc(OC)c1C. The maximum absolute atomic E-state index is 12.6. The van der Waals surface area contributed by atoms with E-state index in [1.807, 2.05) is 19.1 Å². The van der Waals surface area contributed by atoms with E-state index in [1.54, 1.807) is 32.5 Å². The Bertz CT molecular complexity index is 777. The predicted octanol–water partition coefficient (Wildman–Crippen LogP) is 3.89. The fraction of sp³-hybridized carbons (Fsp3) is 0.400. The van der Waals surface area contributed by atoms with Crippen molar-refractivity contribution in [3.8, 4) is 11.5 Å². The van der Waals surface area contributed by atoms with Gasteiger partial charge in [0.25, 0.3) is 0 Å². The molecule has 0 aliphatic carbocycles. The molecule has 0 bridgehead atoms. The van der Waals surface area contributed by atoms with Gasteiger partial charge in [-0.15, -0.1) is 0 Å². The number of benzene rings is 1. The zero-order valence-corrected chi connectivity index (χ0v) is 16.5. The Morgan fingerprint density at radius 3 is 2.30 bits per heavy atom. The molecule has 0 amide bonds. The van der Waals surface area contributed by atoms with Gasteiger partial charge < -0.3 is 19.1 Å². The lowest BCUT2D eigenvalue weighted by atomic mass is 10.1. The first-order valence-corrected chi connectivity index (χ1v) is 9.19. The molecule has 144 valence electrons. The summed E-state index contributed by atoms with van der Waals surface area (Å²) in [5, 5.41) is 0.617. The standard InChI is InChI=1S/C20H23ClN2O4/c1-13-17(25-2)10-14(11-18(13)26-3)20(24)27-16-6-8-23(9-7-16)19-5-4-15(21)12-22-19/h4-5,10-12,16H,6-9H2,1-3H3. The lowest BCUT2D eigenvalue weighted by molar-refractivity contribution is 0.0244. The van der Waals surface area contributed by atoms with Crippen molar-refractivity contribution in [1.82, 2.24) is 4.98 Å². The fourth-order valence-corrected chi connectivity index (χ4v) is 3.29. The Balaban J connectivity index is 1.62. The molecule has 3 rings (SSSR count). The molecule has 1 aliphatic rings. The van der Waals surface area contributed by atoms with Crippen molar-refractivity contribution in [2.45, 2.75) is 25.9 Å². The lowest BCUT2D eigenvalue weighted by Crippen LogP contribution is -2.38. The van der Waals surface area contributed by atoms with Crippen molar-refractivity contribution in [1.29, 1.82) is 0 Å². The number of piperidine rings is 1. The van der Waals surface area contributed by atoms with Gasteiger partial charge in [0.2, 0.25) is 0 Å². The van der Waals surface area contributed by atoms with E-state index in [0.29, 0.717) is 22.1 Å². The first-order valence-electron chi connectivity index (χ1n) is 8.82. The van der Waals surface area contributed by atoms with Gasteiger partial charge in [-0.2, -0.15) is 0 Å². The van der Waals surface area contributed by atoms with Gasteiger partial charge in [-0.05, 0) is 31.2 Å². The van der Waals surface area contributed by atoms with Crippen LogP contribution in [0.15, 0.2) is 30.5 Å². The summed E-state index contributed by atoms with van der Waals surface area (Å²) in [7, 11) is 3.13. The van der Waals surface area contributed by atoms with Gasteiger partial charge in [0.15, 0.2) is 0 Å². The van der Waals surface area contributed by atoms with Crippen LogP contribution < -0.4 is 14.4 Å². The molecule has 0 radical (unpaired) electrons. The topological polar surface area (TPSA) is 60.9 Å². The Morgan fingerprint density at radius 1 is 1.15 bits per heavy atom. The van der Waals surface area contributed by atoms with Crippen LogP contribution >= 0.6 is 11.6 Å². The molecule has 27 heavy (non-hydrogen) atoms. The van der Waals surface area contributed by atoms with Gasteiger partial charge in [-0.25, -0.2) is 9.78 Å². The van der Waals surface area contributed by atoms with E-state index >= 15 is 0 Å². The molecule has 0 saturated carbocycles. The molecular weight excluding hydrogens is 368 g/mol. The summed E-state index contributed by atoms with van der Waals surface area (Å²) < 4.78 is 16.4. The molecule has 0 atom stereocenters. The maximum Gasteiger partial charge on any atom is 0.338 e. The lowest BCUT2D eigenvalue weighted by Gasteiger charge is -2.32. The molecule has 1 aromatic carbocycles. The second-order valence-corrected chi connectivity index (χ2v) is 6.87. The number of anilines is 1. The van der Waals surface area contributed by atoms with E-state index in [1.165, 1.54) is 0 Å². The summed E-state index contributed by atoms with van der Waals surface area (Å²) in [6.07, 6.45) is 3.01. The molecule has 2 aromatic rings. The molecular formula is C20H23ClN2O4. The average Bonchev–Trinajstić information content (AvgIpc) is 2.69. The molecule has 1 fully saturated rings. The molecule has 0 N–H and O–H groups in total. The van der Waals surface area contributed by atoms with E-state index < -0.39 is 0 Å². The highest BCUT2D eigenvalue weighted by atomic mass is 35.5. The number of methoxy groups -OCH3 is 2. The maximum atomic E-state index is 12.6. The third-order valence-electron chi connectivity index (χ3n) is 4.74. The van der Waals surface area contributed by atoms with Crippen LogP contribution in [0.5, 0.6) is 11.5 Å². The molecule has 0 spiro atoms. The first-order chi connectivity index (χ1) is 13.0. The van der Waals surface area contributed by atoms with Crippen LogP contribution in [0.3, 0.4) is 0 Å². The smallest absolute Gasteiger partial charge is 0.338 e. The second-order valence-electron chi connectivity index (χ2n) is 6.43. The van der Waals surface area contributed by atoms with E-state index in [2.05, 4.69) is 9.88 Å². The largest absolute Gasteiger partial charge is 0.496 e. The van der Waals surface area contributed by atoms with Gasteiger partial charge in [-0.3, -0.25) is 0 Å². The molecule has 2 heterocycles. The summed E-state index contributed by atoms with van der Waals surface area (Å²) >= 11 is 5.89. The number of hydrogen-bond donors (Lipinski definition) is 0. The Morgan fingerprint density at radius 2 is 1.78 bits per heavy atom. The molecule has 0 unspecified atom stereocenters. The van der Waals surface area contributed by atoms with Gasteiger partial charge in [0.05, 0.1) is 24.8 Å². The third-order valence-corrected chi connectivity index (χ3v) is 4.96. The van der Waals surface area contributed by atoms with Crippen molar-refractivity contribution in [2.75, 3.05) is 32.2 Å². The molecule has 6 nitrogen and oxygen atoms in total. The van der Waals surface area contributed by atoms with Crippen molar-refractivity contribution < 1.29 is 19.0 Å². The number of ether oxygens (including phenoxy) is 3. The average molecular weight is 391 g/mol. The van der Waals surface area contributed by atoms with Crippen LogP contribution in [-0.4, -0.2) is 44.4 Å². The van der Waals surface area contributed by atoms with Gasteiger partial charge >= 0.3 is 5.97 Å². The Labute approximate surface area is 164 Å².